The predicted octanol–water partition coefficient (Wildman–Crippen LogP) is 6.51. The molecule has 0 aliphatic rings. The van der Waals surface area contributed by atoms with Gasteiger partial charge >= 0.3 is 11.9 Å². The van der Waals surface area contributed by atoms with Crippen LogP contribution in [0, 0.1) is 13.8 Å². The van der Waals surface area contributed by atoms with Gasteiger partial charge in [0.05, 0.1) is 36.1 Å². The van der Waals surface area contributed by atoms with Gasteiger partial charge in [0, 0.05) is 52.7 Å². The molecule has 318 valence electrons. The van der Waals surface area contributed by atoms with Gasteiger partial charge in [-0.05, 0) is 138 Å². The number of carboxylic acid groups (broad SMARTS) is 2. The zero-order valence-electron chi connectivity index (χ0n) is 34.7. The molecule has 0 saturated heterocycles. The van der Waals surface area contributed by atoms with E-state index in [-0.39, 0.29) is 12.8 Å². The molecule has 8 rings (SSSR count). The quantitative estimate of drug-likeness (QED) is 0.0926. The number of benzene rings is 4. The molecule has 0 bridgehead atoms. The minimum atomic E-state index is -0.860. The van der Waals surface area contributed by atoms with Gasteiger partial charge in [-0.15, -0.1) is 5.10 Å². The van der Waals surface area contributed by atoms with E-state index in [1.807, 2.05) is 123 Å². The average Bonchev–Trinajstić information content (AvgIpc) is 4.10. The van der Waals surface area contributed by atoms with Gasteiger partial charge in [0.25, 0.3) is 0 Å². The van der Waals surface area contributed by atoms with Gasteiger partial charge in [0.1, 0.15) is 6.33 Å². The molecule has 0 spiro atoms. The average molecular weight is 845 g/mol. The number of rotatable bonds is 14. The highest BCUT2D eigenvalue weighted by Crippen LogP contribution is 2.32. The van der Waals surface area contributed by atoms with Crippen molar-refractivity contribution in [2.24, 2.45) is 18.5 Å². The molecule has 16 heteroatoms. The lowest BCUT2D eigenvalue weighted by Gasteiger charge is -2.17. The van der Waals surface area contributed by atoms with Gasteiger partial charge in [-0.3, -0.25) is 23.9 Å². The zero-order valence-corrected chi connectivity index (χ0v) is 34.7. The maximum absolute atomic E-state index is 11.6. The van der Waals surface area contributed by atoms with Crippen LogP contribution in [0.25, 0.3) is 50.7 Å². The number of carbonyl (C=O) groups is 4. The van der Waals surface area contributed by atoms with Crippen LogP contribution in [0.2, 0.25) is 0 Å². The molecular formula is C47H44N10O6. The molecule has 4 aromatic heterocycles. The summed E-state index contributed by atoms with van der Waals surface area (Å²) in [7, 11) is 1.88. The second-order valence-electron chi connectivity index (χ2n) is 14.9. The van der Waals surface area contributed by atoms with Gasteiger partial charge in [0.2, 0.25) is 11.8 Å². The third kappa shape index (κ3) is 9.65. The first-order valence-electron chi connectivity index (χ1n) is 19.9. The Kier molecular flexibility index (Phi) is 12.5. The molecule has 8 aromatic rings. The van der Waals surface area contributed by atoms with E-state index in [0.29, 0.717) is 24.0 Å². The van der Waals surface area contributed by atoms with Crippen molar-refractivity contribution in [3.8, 4) is 50.7 Å². The number of carbonyl (C=O) groups excluding carboxylic acids is 2. The number of hydrogen-bond donors (Lipinski definition) is 4. The molecule has 0 fully saturated rings. The fraction of sp³-hybridized carbons (Fsp3) is 0.149. The van der Waals surface area contributed by atoms with Crippen LogP contribution in [-0.2, 0) is 29.5 Å². The molecule has 4 aromatic carbocycles. The molecule has 0 atom stereocenters. The number of primary amides is 2. The molecule has 0 unspecified atom stereocenters. The molecule has 63 heavy (non-hydrogen) atoms. The number of aromatic nitrogens is 8. The van der Waals surface area contributed by atoms with Crippen molar-refractivity contribution in [1.82, 2.24) is 39.1 Å². The SMILES string of the molecule is Cc1cc(C(N)=O)ccc1-n1c(CCC(=O)O)ccc1-c1ccc(-c2cnn(C)c2)cc1.Cc1cc(C(N)=O)ccc1-n1c(CCC(=O)O)ccc1-c1ccc(-n2cnnn2)cc1. The Morgan fingerprint density at radius 2 is 1.08 bits per heavy atom. The summed E-state index contributed by atoms with van der Waals surface area (Å²) in [5.41, 5.74) is 23.6. The fourth-order valence-corrected chi connectivity index (χ4v) is 7.43. The summed E-state index contributed by atoms with van der Waals surface area (Å²) < 4.78 is 7.41. The van der Waals surface area contributed by atoms with Gasteiger partial charge in [-0.1, -0.05) is 36.4 Å². The Morgan fingerprint density at radius 1 is 0.603 bits per heavy atom. The number of carboxylic acids is 2. The number of aliphatic carboxylic acids is 2. The number of hydrogen-bond acceptors (Lipinski definition) is 8. The molecule has 2 amide bonds. The lowest BCUT2D eigenvalue weighted by Crippen LogP contribution is -2.12. The van der Waals surface area contributed by atoms with Gasteiger partial charge in [0.15, 0.2) is 0 Å². The van der Waals surface area contributed by atoms with Crippen molar-refractivity contribution in [1.29, 1.82) is 0 Å². The number of nitrogens with zero attached hydrogens (tertiary/aromatic N) is 8. The minimum absolute atomic E-state index is 0.0140. The van der Waals surface area contributed by atoms with E-state index in [0.717, 1.165) is 73.2 Å². The van der Waals surface area contributed by atoms with Gasteiger partial charge in [-0.2, -0.15) is 5.10 Å². The van der Waals surface area contributed by atoms with Crippen molar-refractivity contribution in [2.45, 2.75) is 39.5 Å². The Morgan fingerprint density at radius 3 is 1.48 bits per heavy atom. The first kappa shape index (κ1) is 42.7. The topological polar surface area (TPSA) is 232 Å². The summed E-state index contributed by atoms with van der Waals surface area (Å²) in [5.74, 6) is -2.68. The number of tetrazole rings is 1. The van der Waals surface area contributed by atoms with Gasteiger partial charge < -0.3 is 30.8 Å². The predicted molar refractivity (Wildman–Crippen MR) is 236 cm³/mol. The molecule has 0 saturated carbocycles. The molecule has 0 radical (unpaired) electrons. The Labute approximate surface area is 361 Å². The van der Waals surface area contributed by atoms with Crippen LogP contribution in [-0.4, -0.2) is 73.1 Å². The monoisotopic (exact) mass is 844 g/mol. The first-order chi connectivity index (χ1) is 30.3. The molecule has 6 N–H and O–H groups in total. The van der Waals surface area contributed by atoms with Crippen LogP contribution < -0.4 is 11.5 Å². The normalized spacial score (nSPS) is 10.9. The lowest BCUT2D eigenvalue weighted by atomic mass is 10.0. The summed E-state index contributed by atoms with van der Waals surface area (Å²) in [6.45, 7) is 3.81. The Balaban J connectivity index is 0.000000189. The van der Waals surface area contributed by atoms with Crippen LogP contribution in [0.4, 0.5) is 0 Å². The van der Waals surface area contributed by atoms with Crippen molar-refractivity contribution >= 4 is 23.8 Å². The standard InChI is InChI=1S/C25H24N4O3.C22H20N6O3/c1-16-13-19(25(26)32)7-10-22(16)29-21(9-12-24(30)31)8-11-23(29)18-5-3-17(4-6-18)20-14-27-28(2)15-20;1-14-12-16(22(23)31)4-9-19(14)28-18(8-11-21(29)30)7-10-20(28)15-2-5-17(6-3-15)27-13-24-25-26-27/h3-8,10-11,13-15H,9,12H2,1-2H3,(H2,26,32)(H,30,31);2-7,9-10,12-13H,8,11H2,1H3,(H2,23,31)(H,29,30). The van der Waals surface area contributed by atoms with Crippen LogP contribution >= 0.6 is 0 Å². The largest absolute Gasteiger partial charge is 0.481 e. The lowest BCUT2D eigenvalue weighted by molar-refractivity contribution is -0.138. The summed E-state index contributed by atoms with van der Waals surface area (Å²) in [4.78, 5) is 45.5. The van der Waals surface area contributed by atoms with E-state index >= 15 is 0 Å². The number of aryl methyl sites for hydroxylation is 5. The molecule has 0 aliphatic carbocycles. The molecule has 0 aliphatic heterocycles. The van der Waals surface area contributed by atoms with E-state index in [2.05, 4.69) is 25.2 Å². The second kappa shape index (κ2) is 18.5. The highest BCUT2D eigenvalue weighted by atomic mass is 16.4. The van der Waals surface area contributed by atoms with E-state index in [9.17, 15) is 24.3 Å². The molecular weight excluding hydrogens is 801 g/mol. The maximum Gasteiger partial charge on any atom is 0.303 e. The smallest absolute Gasteiger partial charge is 0.303 e. The maximum atomic E-state index is 11.6. The zero-order chi connectivity index (χ0) is 44.8. The molecule has 16 nitrogen and oxygen atoms in total. The first-order valence-corrected chi connectivity index (χ1v) is 19.9. The van der Waals surface area contributed by atoms with E-state index in [1.165, 1.54) is 6.33 Å². The van der Waals surface area contributed by atoms with Gasteiger partial charge in [-0.25, -0.2) is 4.68 Å². The minimum Gasteiger partial charge on any atom is -0.481 e. The number of amides is 2. The molecule has 4 heterocycles. The summed E-state index contributed by atoms with van der Waals surface area (Å²) in [6, 6.07) is 34.3. The van der Waals surface area contributed by atoms with Crippen LogP contribution in [0.15, 0.2) is 128 Å². The van der Waals surface area contributed by atoms with Crippen LogP contribution in [0.3, 0.4) is 0 Å². The highest BCUT2D eigenvalue weighted by molar-refractivity contribution is 5.94. The van der Waals surface area contributed by atoms with E-state index < -0.39 is 23.8 Å². The summed E-state index contributed by atoms with van der Waals surface area (Å²) in [5, 5.41) is 33.8. The Hall–Kier alpha value is -8.40. The Bertz CT molecular complexity index is 2940. The van der Waals surface area contributed by atoms with Crippen molar-refractivity contribution < 1.29 is 29.4 Å². The third-order valence-corrected chi connectivity index (χ3v) is 10.6. The van der Waals surface area contributed by atoms with Crippen molar-refractivity contribution in [3.05, 3.63) is 162 Å². The second-order valence-corrected chi connectivity index (χ2v) is 14.9. The third-order valence-electron chi connectivity index (χ3n) is 10.6. The number of nitrogens with two attached hydrogens (primary N) is 2. The summed E-state index contributed by atoms with van der Waals surface area (Å²) in [6.07, 6.45) is 6.11. The van der Waals surface area contributed by atoms with Crippen molar-refractivity contribution in [3.63, 3.8) is 0 Å². The van der Waals surface area contributed by atoms with E-state index in [4.69, 9.17) is 16.6 Å². The van der Waals surface area contributed by atoms with E-state index in [1.54, 1.807) is 33.6 Å². The van der Waals surface area contributed by atoms with Crippen LogP contribution in [0.5, 0.6) is 0 Å². The van der Waals surface area contributed by atoms with Crippen molar-refractivity contribution in [2.75, 3.05) is 0 Å². The van der Waals surface area contributed by atoms with Crippen LogP contribution in [0.1, 0.15) is 56.1 Å². The highest BCUT2D eigenvalue weighted by Gasteiger charge is 2.18. The fourth-order valence-electron chi connectivity index (χ4n) is 7.43. The summed E-state index contributed by atoms with van der Waals surface area (Å²) >= 11 is 0.